The number of benzene rings is 2. The molecule has 2 aliphatic heterocycles. The van der Waals surface area contributed by atoms with Crippen LogP contribution in [0.4, 0.5) is 5.95 Å². The van der Waals surface area contributed by atoms with Crippen molar-refractivity contribution in [1.82, 2.24) is 14.9 Å². The number of halogens is 1. The number of carbonyl (C=O) groups is 1. The summed E-state index contributed by atoms with van der Waals surface area (Å²) in [7, 11) is 0. The van der Waals surface area contributed by atoms with Gasteiger partial charge < -0.3 is 19.5 Å². The largest absolute Gasteiger partial charge is 0.480 e. The van der Waals surface area contributed by atoms with Crippen molar-refractivity contribution >= 4 is 34.5 Å². The van der Waals surface area contributed by atoms with Crippen molar-refractivity contribution in [2.45, 2.75) is 18.9 Å². The molecule has 1 atom stereocenters. The van der Waals surface area contributed by atoms with Gasteiger partial charge in [0.15, 0.2) is 6.10 Å². The molecule has 2 aliphatic rings. The number of nitrogens with zero attached hydrogens (tertiary/aromatic N) is 3. The van der Waals surface area contributed by atoms with Crippen molar-refractivity contribution in [3.05, 3.63) is 53.1 Å². The topological polar surface area (TPSA) is 61.5 Å². The van der Waals surface area contributed by atoms with Crippen LogP contribution in [-0.4, -0.2) is 53.1 Å². The van der Waals surface area contributed by atoms with E-state index in [9.17, 15) is 4.79 Å². The predicted molar refractivity (Wildman–Crippen MR) is 109 cm³/mol. The maximum absolute atomic E-state index is 13.0. The third-order valence-electron chi connectivity index (χ3n) is 5.46. The molecule has 5 rings (SSSR count). The van der Waals surface area contributed by atoms with E-state index in [4.69, 9.17) is 21.3 Å². The number of imidazole rings is 1. The molecule has 144 valence electrons. The summed E-state index contributed by atoms with van der Waals surface area (Å²) in [6.07, 6.45) is 1.03. The number of aromatic amines is 1. The Kier molecular flexibility index (Phi) is 4.36. The van der Waals surface area contributed by atoms with Crippen LogP contribution in [0.2, 0.25) is 5.02 Å². The SMILES string of the molecule is O=C(C1Cc2cc(Cl)ccc2O1)N1CCCN(c2nc3ccccc3[nH]2)CC1. The van der Waals surface area contributed by atoms with Gasteiger partial charge in [0, 0.05) is 37.6 Å². The van der Waals surface area contributed by atoms with E-state index >= 15 is 0 Å². The van der Waals surface area contributed by atoms with Gasteiger partial charge >= 0.3 is 0 Å². The van der Waals surface area contributed by atoms with Gasteiger partial charge in [-0.25, -0.2) is 4.98 Å². The Labute approximate surface area is 168 Å². The fourth-order valence-corrected chi connectivity index (χ4v) is 4.19. The molecule has 1 aromatic heterocycles. The zero-order chi connectivity index (χ0) is 19.1. The highest BCUT2D eigenvalue weighted by molar-refractivity contribution is 6.30. The first-order valence-electron chi connectivity index (χ1n) is 9.61. The molecule has 0 aliphatic carbocycles. The summed E-state index contributed by atoms with van der Waals surface area (Å²) < 4.78 is 5.89. The lowest BCUT2D eigenvalue weighted by atomic mass is 10.1. The molecule has 1 amide bonds. The summed E-state index contributed by atoms with van der Waals surface area (Å²) >= 11 is 6.06. The predicted octanol–water partition coefficient (Wildman–Crippen LogP) is 3.26. The first kappa shape index (κ1) is 17.4. The van der Waals surface area contributed by atoms with Gasteiger partial charge in [0.25, 0.3) is 5.91 Å². The van der Waals surface area contributed by atoms with E-state index in [1.54, 1.807) is 6.07 Å². The Morgan fingerprint density at radius 3 is 2.93 bits per heavy atom. The molecule has 1 unspecified atom stereocenters. The molecule has 6 nitrogen and oxygen atoms in total. The molecule has 1 saturated heterocycles. The van der Waals surface area contributed by atoms with E-state index in [1.165, 1.54) is 0 Å². The minimum Gasteiger partial charge on any atom is -0.480 e. The van der Waals surface area contributed by atoms with Gasteiger partial charge in [-0.2, -0.15) is 0 Å². The van der Waals surface area contributed by atoms with E-state index in [2.05, 4.69) is 9.88 Å². The Hall–Kier alpha value is -2.73. The minimum absolute atomic E-state index is 0.0544. The summed E-state index contributed by atoms with van der Waals surface area (Å²) in [4.78, 5) is 25.2. The first-order valence-corrected chi connectivity index (χ1v) is 9.99. The van der Waals surface area contributed by atoms with Crippen molar-refractivity contribution in [2.24, 2.45) is 0 Å². The second kappa shape index (κ2) is 7.02. The van der Waals surface area contributed by atoms with Crippen LogP contribution in [0.1, 0.15) is 12.0 Å². The van der Waals surface area contributed by atoms with Crippen LogP contribution < -0.4 is 9.64 Å². The number of rotatable bonds is 2. The van der Waals surface area contributed by atoms with Crippen molar-refractivity contribution in [2.75, 3.05) is 31.1 Å². The van der Waals surface area contributed by atoms with Crippen LogP contribution in [0.5, 0.6) is 5.75 Å². The Balaban J connectivity index is 1.26. The van der Waals surface area contributed by atoms with Crippen molar-refractivity contribution in [3.8, 4) is 5.75 Å². The summed E-state index contributed by atoms with van der Waals surface area (Å²) in [5.41, 5.74) is 3.00. The van der Waals surface area contributed by atoms with Crippen molar-refractivity contribution in [1.29, 1.82) is 0 Å². The molecule has 1 N–H and O–H groups in total. The van der Waals surface area contributed by atoms with Crippen LogP contribution >= 0.6 is 11.6 Å². The molecular formula is C21H21ClN4O2. The van der Waals surface area contributed by atoms with Gasteiger partial charge in [-0.05, 0) is 42.3 Å². The lowest BCUT2D eigenvalue weighted by molar-refractivity contribution is -0.137. The lowest BCUT2D eigenvalue weighted by Crippen LogP contribution is -2.43. The summed E-state index contributed by atoms with van der Waals surface area (Å²) in [5, 5.41) is 0.673. The number of amides is 1. The zero-order valence-corrected chi connectivity index (χ0v) is 16.2. The van der Waals surface area contributed by atoms with E-state index < -0.39 is 6.10 Å². The van der Waals surface area contributed by atoms with Gasteiger partial charge in [-0.1, -0.05) is 23.7 Å². The third kappa shape index (κ3) is 3.18. The number of para-hydroxylation sites is 2. The summed E-state index contributed by atoms with van der Waals surface area (Å²) in [5.74, 6) is 1.69. The lowest BCUT2D eigenvalue weighted by Gasteiger charge is -2.24. The van der Waals surface area contributed by atoms with Crippen molar-refractivity contribution < 1.29 is 9.53 Å². The molecule has 2 aromatic carbocycles. The average molecular weight is 397 g/mol. The number of fused-ring (bicyclic) bond motifs is 2. The molecule has 28 heavy (non-hydrogen) atoms. The number of anilines is 1. The van der Waals surface area contributed by atoms with Crippen LogP contribution in [0.3, 0.4) is 0 Å². The fourth-order valence-electron chi connectivity index (χ4n) is 4.00. The van der Waals surface area contributed by atoms with Crippen LogP contribution in [0.25, 0.3) is 11.0 Å². The molecule has 7 heteroatoms. The Bertz CT molecular complexity index is 1000. The third-order valence-corrected chi connectivity index (χ3v) is 5.69. The fraction of sp³-hybridized carbons (Fsp3) is 0.333. The Morgan fingerprint density at radius 1 is 1.14 bits per heavy atom. The highest BCUT2D eigenvalue weighted by Gasteiger charge is 2.33. The maximum Gasteiger partial charge on any atom is 0.264 e. The van der Waals surface area contributed by atoms with Crippen molar-refractivity contribution in [3.63, 3.8) is 0 Å². The first-order chi connectivity index (χ1) is 13.7. The summed E-state index contributed by atoms with van der Waals surface area (Å²) in [6, 6.07) is 13.5. The van der Waals surface area contributed by atoms with Gasteiger partial charge in [0.05, 0.1) is 11.0 Å². The van der Waals surface area contributed by atoms with Gasteiger partial charge in [-0.15, -0.1) is 0 Å². The smallest absolute Gasteiger partial charge is 0.264 e. The second-order valence-electron chi connectivity index (χ2n) is 7.31. The van der Waals surface area contributed by atoms with Gasteiger partial charge in [0.1, 0.15) is 5.75 Å². The quantitative estimate of drug-likeness (QED) is 0.722. The molecule has 3 heterocycles. The average Bonchev–Trinajstić information content (AvgIpc) is 3.23. The molecule has 0 saturated carbocycles. The number of carbonyl (C=O) groups excluding carboxylic acids is 1. The maximum atomic E-state index is 13.0. The minimum atomic E-state index is -0.453. The zero-order valence-electron chi connectivity index (χ0n) is 15.4. The van der Waals surface area contributed by atoms with Crippen LogP contribution in [0.15, 0.2) is 42.5 Å². The van der Waals surface area contributed by atoms with E-state index in [1.807, 2.05) is 41.3 Å². The number of hydrogen-bond donors (Lipinski definition) is 1. The second-order valence-corrected chi connectivity index (χ2v) is 7.74. The summed E-state index contributed by atoms with van der Waals surface area (Å²) in [6.45, 7) is 3.00. The number of hydrogen-bond acceptors (Lipinski definition) is 4. The number of H-pyrrole nitrogens is 1. The Morgan fingerprint density at radius 2 is 2.04 bits per heavy atom. The molecule has 1 fully saturated rings. The van der Waals surface area contributed by atoms with E-state index in [-0.39, 0.29) is 5.91 Å². The molecule has 0 spiro atoms. The highest BCUT2D eigenvalue weighted by Crippen LogP contribution is 2.32. The number of ether oxygens (including phenoxy) is 1. The number of nitrogens with one attached hydrogen (secondary N) is 1. The molecule has 3 aromatic rings. The van der Waals surface area contributed by atoms with Crippen LogP contribution in [-0.2, 0) is 11.2 Å². The van der Waals surface area contributed by atoms with E-state index in [0.717, 1.165) is 54.3 Å². The monoisotopic (exact) mass is 396 g/mol. The standard InChI is InChI=1S/C21H21ClN4O2/c22-15-6-7-18-14(12-15)13-19(28-18)20(27)25-8-3-9-26(11-10-25)21-23-16-4-1-2-5-17(16)24-21/h1-2,4-7,12,19H,3,8-11,13H2,(H,23,24). The number of aromatic nitrogens is 2. The van der Waals surface area contributed by atoms with Crippen LogP contribution in [0, 0.1) is 0 Å². The van der Waals surface area contributed by atoms with Gasteiger partial charge in [0.2, 0.25) is 5.95 Å². The highest BCUT2D eigenvalue weighted by atomic mass is 35.5. The van der Waals surface area contributed by atoms with E-state index in [0.29, 0.717) is 18.0 Å². The molecular weight excluding hydrogens is 376 g/mol. The molecule has 0 bridgehead atoms. The normalized spacial score (nSPS) is 19.4. The van der Waals surface area contributed by atoms with Gasteiger partial charge in [-0.3, -0.25) is 4.79 Å². The molecule has 0 radical (unpaired) electrons.